The molecule has 0 aliphatic heterocycles. The molecule has 2 fully saturated rings. The van der Waals surface area contributed by atoms with Crippen molar-refractivity contribution in [3.63, 3.8) is 0 Å². The molecule has 0 amide bonds. The molecule has 6 heteroatoms. The fourth-order valence-electron chi connectivity index (χ4n) is 10.4. The number of methoxy groups -OCH3 is 1. The van der Waals surface area contributed by atoms with Gasteiger partial charge in [-0.2, -0.15) is 5.10 Å². The van der Waals surface area contributed by atoms with Crippen LogP contribution in [0.25, 0.3) is 33.3 Å². The average Bonchev–Trinajstić information content (AvgIpc) is 3.70. The Labute approximate surface area is 313 Å². The van der Waals surface area contributed by atoms with E-state index in [1.807, 2.05) is 18.2 Å². The Hall–Kier alpha value is -4.84. The first-order valence-electron chi connectivity index (χ1n) is 20.2. The van der Waals surface area contributed by atoms with E-state index >= 15 is 0 Å². The zero-order valence-corrected chi connectivity index (χ0v) is 31.6. The number of fused-ring (bicyclic) bond motifs is 3. The van der Waals surface area contributed by atoms with E-state index in [9.17, 15) is 0 Å². The van der Waals surface area contributed by atoms with E-state index in [0.717, 1.165) is 62.9 Å². The largest absolute Gasteiger partial charge is 0.497 e. The molecule has 6 nitrogen and oxygen atoms in total. The number of para-hydroxylation sites is 1. The molecule has 272 valence electrons. The van der Waals surface area contributed by atoms with E-state index in [4.69, 9.17) is 19.6 Å². The Balaban J connectivity index is 1.07. The number of ether oxygens (including phenoxy) is 2. The molecule has 9 rings (SSSR count). The van der Waals surface area contributed by atoms with Crippen molar-refractivity contribution in [1.82, 2.24) is 19.3 Å². The SMILES string of the molecule is COc1ccnc(-n2c3ccccc3c3ccc(Oc4cccc(-n5nc(C)c([C@@H]6C(C7CCCCC7)=CCC[C@@H]6C6CCCCC6)c5C)c4)cc32)c1. The van der Waals surface area contributed by atoms with Gasteiger partial charge in [-0.25, -0.2) is 9.67 Å². The van der Waals surface area contributed by atoms with E-state index in [-0.39, 0.29) is 0 Å². The van der Waals surface area contributed by atoms with Crippen LogP contribution in [0.4, 0.5) is 0 Å². The molecule has 53 heavy (non-hydrogen) atoms. The van der Waals surface area contributed by atoms with Crippen LogP contribution < -0.4 is 9.47 Å². The molecule has 0 unspecified atom stereocenters. The van der Waals surface area contributed by atoms with Crippen molar-refractivity contribution in [2.45, 2.75) is 96.8 Å². The minimum atomic E-state index is 0.487. The number of nitrogens with zero attached hydrogens (tertiary/aromatic N) is 4. The van der Waals surface area contributed by atoms with Crippen LogP contribution in [0.15, 0.2) is 96.7 Å². The van der Waals surface area contributed by atoms with Gasteiger partial charge in [0, 0.05) is 52.3 Å². The summed E-state index contributed by atoms with van der Waals surface area (Å²) in [6.45, 7) is 4.57. The highest BCUT2D eigenvalue weighted by molar-refractivity contribution is 6.09. The summed E-state index contributed by atoms with van der Waals surface area (Å²) >= 11 is 0. The Bertz CT molecular complexity index is 2280. The minimum Gasteiger partial charge on any atom is -0.497 e. The first kappa shape index (κ1) is 34.0. The normalized spacial score (nSPS) is 20.2. The van der Waals surface area contributed by atoms with Crippen molar-refractivity contribution in [2.24, 2.45) is 17.8 Å². The van der Waals surface area contributed by atoms with Gasteiger partial charge in [0.05, 0.1) is 29.5 Å². The van der Waals surface area contributed by atoms with E-state index < -0.39 is 0 Å². The molecule has 3 heterocycles. The van der Waals surface area contributed by atoms with Crippen molar-refractivity contribution < 1.29 is 9.47 Å². The van der Waals surface area contributed by atoms with Crippen LogP contribution in [0.2, 0.25) is 0 Å². The average molecular weight is 705 g/mol. The number of hydrogen-bond acceptors (Lipinski definition) is 4. The second-order valence-electron chi connectivity index (χ2n) is 15.8. The number of aryl methyl sites for hydroxylation is 1. The number of pyridine rings is 1. The van der Waals surface area contributed by atoms with Gasteiger partial charge in [0.25, 0.3) is 0 Å². The maximum absolute atomic E-state index is 6.66. The molecule has 3 aromatic heterocycles. The maximum atomic E-state index is 6.66. The van der Waals surface area contributed by atoms with Crippen molar-refractivity contribution in [2.75, 3.05) is 7.11 Å². The summed E-state index contributed by atoms with van der Waals surface area (Å²) in [5.74, 6) is 5.91. The molecule has 0 spiro atoms. The summed E-state index contributed by atoms with van der Waals surface area (Å²) in [4.78, 5) is 4.73. The lowest BCUT2D eigenvalue weighted by Gasteiger charge is -2.43. The lowest BCUT2D eigenvalue weighted by molar-refractivity contribution is 0.198. The molecule has 6 aromatic rings. The fourth-order valence-corrected chi connectivity index (χ4v) is 10.4. The molecular weight excluding hydrogens is 653 g/mol. The lowest BCUT2D eigenvalue weighted by Crippen LogP contribution is -2.31. The van der Waals surface area contributed by atoms with Gasteiger partial charge in [-0.3, -0.25) is 4.57 Å². The third kappa shape index (κ3) is 6.34. The summed E-state index contributed by atoms with van der Waals surface area (Å²) in [5, 5.41) is 7.62. The van der Waals surface area contributed by atoms with Gasteiger partial charge in [-0.15, -0.1) is 0 Å². The predicted molar refractivity (Wildman–Crippen MR) is 215 cm³/mol. The molecule has 3 aliphatic carbocycles. The minimum absolute atomic E-state index is 0.487. The van der Waals surface area contributed by atoms with Gasteiger partial charge in [-0.1, -0.05) is 87.3 Å². The highest BCUT2D eigenvalue weighted by Gasteiger charge is 2.40. The summed E-state index contributed by atoms with van der Waals surface area (Å²) < 4.78 is 16.6. The number of rotatable bonds is 8. The van der Waals surface area contributed by atoms with Crippen LogP contribution >= 0.6 is 0 Å². The van der Waals surface area contributed by atoms with Crippen molar-refractivity contribution in [3.8, 4) is 28.8 Å². The Morgan fingerprint density at radius 1 is 0.698 bits per heavy atom. The zero-order valence-electron chi connectivity index (χ0n) is 31.6. The quantitative estimate of drug-likeness (QED) is 0.148. The number of allylic oxidation sites excluding steroid dienone is 2. The van der Waals surface area contributed by atoms with Gasteiger partial charge >= 0.3 is 0 Å². The number of benzene rings is 3. The van der Waals surface area contributed by atoms with Crippen LogP contribution in [-0.4, -0.2) is 26.4 Å². The molecule has 0 radical (unpaired) electrons. The van der Waals surface area contributed by atoms with Crippen LogP contribution in [0.1, 0.15) is 99.9 Å². The fraction of sp³-hybridized carbons (Fsp3) is 0.404. The number of aromatic nitrogens is 4. The first-order valence-corrected chi connectivity index (χ1v) is 20.2. The summed E-state index contributed by atoms with van der Waals surface area (Å²) in [6.07, 6.45) is 20.9. The van der Waals surface area contributed by atoms with Gasteiger partial charge in [0.2, 0.25) is 0 Å². The number of hydrogen-bond donors (Lipinski definition) is 0. The predicted octanol–water partition coefficient (Wildman–Crippen LogP) is 12.4. The highest BCUT2D eigenvalue weighted by Crippen LogP contribution is 2.52. The topological polar surface area (TPSA) is 54.1 Å². The highest BCUT2D eigenvalue weighted by atomic mass is 16.5. The lowest BCUT2D eigenvalue weighted by atomic mass is 9.62. The summed E-state index contributed by atoms with van der Waals surface area (Å²) in [5.41, 5.74) is 8.88. The van der Waals surface area contributed by atoms with E-state index in [2.05, 4.69) is 89.8 Å². The van der Waals surface area contributed by atoms with Crippen LogP contribution in [0.5, 0.6) is 17.2 Å². The third-order valence-electron chi connectivity index (χ3n) is 12.8. The molecule has 2 saturated carbocycles. The zero-order chi connectivity index (χ0) is 35.9. The van der Waals surface area contributed by atoms with Crippen LogP contribution in [0, 0.1) is 31.6 Å². The van der Waals surface area contributed by atoms with Gasteiger partial charge in [-0.05, 0) is 93.7 Å². The second kappa shape index (κ2) is 14.5. The van der Waals surface area contributed by atoms with E-state index in [1.165, 1.54) is 99.4 Å². The van der Waals surface area contributed by atoms with E-state index in [1.54, 1.807) is 18.9 Å². The third-order valence-corrected chi connectivity index (χ3v) is 12.8. The maximum Gasteiger partial charge on any atom is 0.141 e. The van der Waals surface area contributed by atoms with Gasteiger partial charge in [0.1, 0.15) is 23.1 Å². The van der Waals surface area contributed by atoms with Crippen LogP contribution in [0.3, 0.4) is 0 Å². The first-order chi connectivity index (χ1) is 26.1. The molecule has 2 atom stereocenters. The van der Waals surface area contributed by atoms with E-state index in [0.29, 0.717) is 5.92 Å². The Kier molecular flexibility index (Phi) is 9.31. The monoisotopic (exact) mass is 704 g/mol. The van der Waals surface area contributed by atoms with Crippen molar-refractivity contribution in [1.29, 1.82) is 0 Å². The molecular formula is C47H52N4O2. The van der Waals surface area contributed by atoms with Crippen LogP contribution in [-0.2, 0) is 0 Å². The Morgan fingerprint density at radius 3 is 2.30 bits per heavy atom. The molecule has 0 saturated heterocycles. The second-order valence-corrected chi connectivity index (χ2v) is 15.8. The summed E-state index contributed by atoms with van der Waals surface area (Å²) in [7, 11) is 1.69. The smallest absolute Gasteiger partial charge is 0.141 e. The Morgan fingerprint density at radius 2 is 1.47 bits per heavy atom. The van der Waals surface area contributed by atoms with Gasteiger partial charge < -0.3 is 9.47 Å². The van der Waals surface area contributed by atoms with Crippen molar-refractivity contribution in [3.05, 3.63) is 114 Å². The molecule has 0 bridgehead atoms. The standard InChI is InChI=1S/C47H52N4O2/c1-31-46(47-39(33-14-6-4-7-15-33)21-13-22-40(47)34-16-8-5-9-17-34)32(2)51(49-31)35-18-12-19-37(28-35)53-38-24-25-42-41-20-10-11-23-43(41)50(44(42)29-38)45-30-36(52-3)26-27-48-45/h10-12,18-21,23-30,33-34,40,47H,4-9,13-17,22H2,1-3H3/t40-,47-/m1/s1. The van der Waals surface area contributed by atoms with Crippen molar-refractivity contribution >= 4 is 21.8 Å². The molecule has 3 aliphatic rings. The van der Waals surface area contributed by atoms with Gasteiger partial charge in [0.15, 0.2) is 0 Å². The molecule has 3 aromatic carbocycles. The summed E-state index contributed by atoms with van der Waals surface area (Å²) in [6, 6.07) is 27.1. The molecule has 0 N–H and O–H groups in total.